The van der Waals surface area contributed by atoms with Gasteiger partial charge in [-0.2, -0.15) is 0 Å². The molecule has 1 unspecified atom stereocenters. The topological polar surface area (TPSA) is 78.9 Å². The maximum Gasteiger partial charge on any atom is 0.306 e. The lowest BCUT2D eigenvalue weighted by Crippen LogP contribution is -2.30. The van der Waals surface area contributed by atoms with Gasteiger partial charge in [0, 0.05) is 19.3 Å². The Bertz CT molecular complexity index is 1490. The Morgan fingerprint density at radius 1 is 0.339 bits per heavy atom. The van der Waals surface area contributed by atoms with Crippen molar-refractivity contribution in [2.75, 3.05) is 13.2 Å². The fourth-order valence-corrected chi connectivity index (χ4v) is 5.55. The van der Waals surface area contributed by atoms with Crippen LogP contribution in [0.2, 0.25) is 0 Å². The Labute approximate surface area is 378 Å². The second-order valence-corrected chi connectivity index (χ2v) is 14.8. The van der Waals surface area contributed by atoms with Crippen molar-refractivity contribution < 1.29 is 28.6 Å². The van der Waals surface area contributed by atoms with Gasteiger partial charge < -0.3 is 14.2 Å². The molecule has 0 saturated heterocycles. The quantitative estimate of drug-likeness (QED) is 0.0202. The van der Waals surface area contributed by atoms with E-state index in [1.165, 1.54) is 0 Å². The highest BCUT2D eigenvalue weighted by Gasteiger charge is 2.19. The van der Waals surface area contributed by atoms with Crippen molar-refractivity contribution in [3.63, 3.8) is 0 Å². The molecule has 1 atom stereocenters. The predicted molar refractivity (Wildman–Crippen MR) is 265 cm³/mol. The zero-order valence-electron chi connectivity index (χ0n) is 38.8. The molecule has 0 bridgehead atoms. The zero-order valence-corrected chi connectivity index (χ0v) is 38.8. The first-order valence-corrected chi connectivity index (χ1v) is 23.6. The summed E-state index contributed by atoms with van der Waals surface area (Å²) in [6.07, 6.45) is 70.8. The van der Waals surface area contributed by atoms with Crippen molar-refractivity contribution in [2.45, 2.75) is 162 Å². The molecule has 6 heteroatoms. The van der Waals surface area contributed by atoms with Crippen molar-refractivity contribution in [1.82, 2.24) is 0 Å². The van der Waals surface area contributed by atoms with Gasteiger partial charge in [0.25, 0.3) is 0 Å². The second kappa shape index (κ2) is 48.7. The van der Waals surface area contributed by atoms with Gasteiger partial charge in [-0.3, -0.25) is 14.4 Å². The summed E-state index contributed by atoms with van der Waals surface area (Å²) in [4.78, 5) is 37.8. The lowest BCUT2D eigenvalue weighted by Gasteiger charge is -2.18. The third-order valence-corrected chi connectivity index (χ3v) is 9.01. The van der Waals surface area contributed by atoms with Gasteiger partial charge in [0.05, 0.1) is 0 Å². The van der Waals surface area contributed by atoms with Crippen LogP contribution in [-0.4, -0.2) is 37.2 Å². The first-order chi connectivity index (χ1) is 30.5. The number of esters is 3. The maximum atomic E-state index is 12.7. The molecule has 342 valence electrons. The number of carbonyl (C=O) groups excluding carboxylic acids is 3. The van der Waals surface area contributed by atoms with Crippen LogP contribution in [0.3, 0.4) is 0 Å². The minimum Gasteiger partial charge on any atom is -0.462 e. The van der Waals surface area contributed by atoms with Crippen molar-refractivity contribution >= 4 is 17.9 Å². The van der Waals surface area contributed by atoms with Gasteiger partial charge in [0.1, 0.15) is 13.2 Å². The van der Waals surface area contributed by atoms with Crippen molar-refractivity contribution in [3.8, 4) is 0 Å². The first-order valence-electron chi connectivity index (χ1n) is 23.6. The van der Waals surface area contributed by atoms with Gasteiger partial charge in [-0.15, -0.1) is 0 Å². The van der Waals surface area contributed by atoms with E-state index in [0.29, 0.717) is 12.8 Å². The van der Waals surface area contributed by atoms with Gasteiger partial charge in [-0.05, 0) is 89.9 Å². The van der Waals surface area contributed by atoms with Crippen molar-refractivity contribution in [2.24, 2.45) is 0 Å². The number of carbonyl (C=O) groups is 3. The van der Waals surface area contributed by atoms with E-state index in [-0.39, 0.29) is 50.4 Å². The summed E-state index contributed by atoms with van der Waals surface area (Å²) < 4.78 is 16.6. The van der Waals surface area contributed by atoms with E-state index in [1.807, 2.05) is 79.0 Å². The number of ether oxygens (including phenoxy) is 3. The largest absolute Gasteiger partial charge is 0.462 e. The molecule has 6 nitrogen and oxygen atoms in total. The smallest absolute Gasteiger partial charge is 0.306 e. The third-order valence-electron chi connectivity index (χ3n) is 9.01. The number of hydrogen-bond donors (Lipinski definition) is 0. The van der Waals surface area contributed by atoms with E-state index in [9.17, 15) is 14.4 Å². The molecule has 0 aliphatic rings. The predicted octanol–water partition coefficient (Wildman–Crippen LogP) is 15.5. The molecule has 0 aromatic heterocycles. The van der Waals surface area contributed by atoms with E-state index >= 15 is 0 Å². The van der Waals surface area contributed by atoms with Crippen LogP contribution in [0.25, 0.3) is 0 Å². The van der Waals surface area contributed by atoms with Crippen LogP contribution in [-0.2, 0) is 28.6 Å². The van der Waals surface area contributed by atoms with E-state index in [4.69, 9.17) is 14.2 Å². The highest BCUT2D eigenvalue weighted by Crippen LogP contribution is 2.11. The summed E-state index contributed by atoms with van der Waals surface area (Å²) in [6, 6.07) is 0. The Kier molecular flexibility index (Phi) is 44.8. The summed E-state index contributed by atoms with van der Waals surface area (Å²) in [5.74, 6) is -1.05. The monoisotopic (exact) mass is 851 g/mol. The lowest BCUT2D eigenvalue weighted by molar-refractivity contribution is -0.167. The van der Waals surface area contributed by atoms with Gasteiger partial charge in [-0.25, -0.2) is 0 Å². The molecule has 0 spiro atoms. The van der Waals surface area contributed by atoms with Crippen LogP contribution in [0.4, 0.5) is 0 Å². The summed E-state index contributed by atoms with van der Waals surface area (Å²) in [6.45, 7) is 6.10. The molecule has 62 heavy (non-hydrogen) atoms. The van der Waals surface area contributed by atoms with Gasteiger partial charge >= 0.3 is 17.9 Å². The molecule has 0 rings (SSSR count). The lowest BCUT2D eigenvalue weighted by atomic mass is 10.1. The summed E-state index contributed by atoms with van der Waals surface area (Å²) in [5, 5.41) is 0. The molecule has 0 saturated carbocycles. The zero-order chi connectivity index (χ0) is 45.1. The van der Waals surface area contributed by atoms with Crippen LogP contribution in [0, 0.1) is 0 Å². The van der Waals surface area contributed by atoms with E-state index in [1.54, 1.807) is 0 Å². The SMILES string of the molecule is CC\C=C/C=C\C=C/C=C\C=C\C=C/C=C\CCCCCC(=O)OCC(COC(=O)CCCC/C=C\C/C=C\C/C=C\CC)OC(=O)CCCCCCC\C=C/C=C\C=C/CC. The second-order valence-electron chi connectivity index (χ2n) is 14.8. The molecular formula is C56H82O6. The fourth-order valence-electron chi connectivity index (χ4n) is 5.55. The van der Waals surface area contributed by atoms with Crippen LogP contribution in [0.15, 0.2) is 158 Å². The van der Waals surface area contributed by atoms with E-state index in [2.05, 4.69) is 99.8 Å². The molecule has 0 amide bonds. The van der Waals surface area contributed by atoms with E-state index in [0.717, 1.165) is 103 Å². The molecule has 0 N–H and O–H groups in total. The molecule has 0 aliphatic carbocycles. The maximum absolute atomic E-state index is 12.7. The number of allylic oxidation sites excluding steroid dienone is 26. The standard InChI is InChI=1S/C56H82O6/c1-4-7-10-13-16-19-22-25-26-27-28-29-30-32-34-37-40-43-46-49-55(58)61-52-53(51-60-54(57)48-45-42-39-36-33-24-21-18-15-12-9-6-3)62-56(59)50-47-44-41-38-35-31-23-20-17-14-11-8-5-2/h7-14,16-23,25-30,32-34,36,53H,4-6,15,24,31,35,37-52H2,1-3H3/b10-7-,11-8-,12-9-,16-13-,17-14-,21-18-,22-19-,23-20-,26-25-,28-27+,30-29-,34-32-,36-33-. The van der Waals surface area contributed by atoms with Crippen LogP contribution in [0.5, 0.6) is 0 Å². The summed E-state index contributed by atoms with van der Waals surface area (Å²) in [5.41, 5.74) is 0. The van der Waals surface area contributed by atoms with E-state index < -0.39 is 6.10 Å². The molecule has 0 heterocycles. The fraction of sp³-hybridized carbons (Fsp3) is 0.482. The summed E-state index contributed by atoms with van der Waals surface area (Å²) >= 11 is 0. The number of rotatable bonds is 39. The Morgan fingerprint density at radius 3 is 1.15 bits per heavy atom. The molecule has 0 aromatic rings. The minimum absolute atomic E-state index is 0.130. The van der Waals surface area contributed by atoms with Gasteiger partial charge in [-0.1, -0.05) is 204 Å². The van der Waals surface area contributed by atoms with Gasteiger partial charge in [0.2, 0.25) is 0 Å². The highest BCUT2D eigenvalue weighted by atomic mass is 16.6. The average Bonchev–Trinajstić information content (AvgIpc) is 3.27. The van der Waals surface area contributed by atoms with Crippen LogP contribution >= 0.6 is 0 Å². The molecule has 0 radical (unpaired) electrons. The third kappa shape index (κ3) is 46.1. The molecule has 0 fully saturated rings. The van der Waals surface area contributed by atoms with Crippen LogP contribution in [0.1, 0.15) is 156 Å². The molecule has 0 aromatic carbocycles. The number of hydrogen-bond acceptors (Lipinski definition) is 6. The molecule has 0 aliphatic heterocycles. The average molecular weight is 851 g/mol. The molecular weight excluding hydrogens is 769 g/mol. The van der Waals surface area contributed by atoms with Crippen molar-refractivity contribution in [3.05, 3.63) is 158 Å². The highest BCUT2D eigenvalue weighted by molar-refractivity contribution is 5.71. The first kappa shape index (κ1) is 57.0. The summed E-state index contributed by atoms with van der Waals surface area (Å²) in [7, 11) is 0. The minimum atomic E-state index is -0.830. The van der Waals surface area contributed by atoms with Crippen molar-refractivity contribution in [1.29, 1.82) is 0 Å². The Balaban J connectivity index is 4.60. The van der Waals surface area contributed by atoms with Gasteiger partial charge in [0.15, 0.2) is 6.10 Å². The Morgan fingerprint density at radius 2 is 0.661 bits per heavy atom. The van der Waals surface area contributed by atoms with Crippen LogP contribution < -0.4 is 0 Å². The Hall–Kier alpha value is -4.97. The normalized spacial score (nSPS) is 13.5. The number of unbranched alkanes of at least 4 members (excludes halogenated alkanes) is 10.